The van der Waals surface area contributed by atoms with Gasteiger partial charge in [0.05, 0.1) is 0 Å². The van der Waals surface area contributed by atoms with Crippen LogP contribution in [0.3, 0.4) is 0 Å². The van der Waals surface area contributed by atoms with Gasteiger partial charge in [0.1, 0.15) is 13.2 Å². The Bertz CT molecular complexity index is 269. The summed E-state index contributed by atoms with van der Waals surface area (Å²) in [6.07, 6.45) is 0. The van der Waals surface area contributed by atoms with Gasteiger partial charge in [0.2, 0.25) is 13.1 Å². The van der Waals surface area contributed by atoms with Crippen LogP contribution >= 0.6 is 8.53 Å². The second-order valence-electron chi connectivity index (χ2n) is 4.24. The molecular formula is C12H22N3O2P. The van der Waals surface area contributed by atoms with Gasteiger partial charge in [-0.2, -0.15) is 0 Å². The molecule has 18 heavy (non-hydrogen) atoms. The number of hydrogen-bond acceptors (Lipinski definition) is 3. The summed E-state index contributed by atoms with van der Waals surface area (Å²) < 4.78 is 13.5. The molecule has 0 N–H and O–H groups in total. The molecule has 6 heteroatoms. The van der Waals surface area contributed by atoms with E-state index in [0.29, 0.717) is 38.4 Å². The third-order valence-corrected chi connectivity index (χ3v) is 4.16. The molecule has 0 aliphatic carbocycles. The summed E-state index contributed by atoms with van der Waals surface area (Å²) in [7, 11) is -1.18. The summed E-state index contributed by atoms with van der Waals surface area (Å²) >= 11 is 0. The molecule has 0 rings (SSSR count). The Morgan fingerprint density at radius 1 is 0.944 bits per heavy atom. The molecule has 0 spiro atoms. The molecular weight excluding hydrogens is 249 g/mol. The Morgan fingerprint density at radius 2 is 1.33 bits per heavy atom. The van der Waals surface area contributed by atoms with Crippen LogP contribution in [0.1, 0.15) is 27.7 Å². The fourth-order valence-electron chi connectivity index (χ4n) is 1.47. The van der Waals surface area contributed by atoms with E-state index in [4.69, 9.17) is 22.2 Å². The average Bonchev–Trinajstić information content (AvgIpc) is 2.28. The minimum atomic E-state index is -1.18. The summed E-state index contributed by atoms with van der Waals surface area (Å²) in [5.41, 5.74) is 0. The van der Waals surface area contributed by atoms with Gasteiger partial charge in [0.25, 0.3) is 8.53 Å². The highest BCUT2D eigenvalue weighted by molar-refractivity contribution is 7.44. The molecule has 0 unspecified atom stereocenters. The molecule has 0 heterocycles. The third-order valence-electron chi connectivity index (χ3n) is 2.06. The first kappa shape index (κ1) is 17.3. The van der Waals surface area contributed by atoms with Crippen LogP contribution < -0.4 is 0 Å². The van der Waals surface area contributed by atoms with Gasteiger partial charge >= 0.3 is 0 Å². The van der Waals surface area contributed by atoms with E-state index in [1.165, 1.54) is 0 Å². The molecule has 0 aliphatic rings. The van der Waals surface area contributed by atoms with E-state index in [1.807, 2.05) is 0 Å². The Balaban J connectivity index is 4.49. The number of nitrogens with zero attached hydrogens (tertiary/aromatic N) is 3. The van der Waals surface area contributed by atoms with Gasteiger partial charge in [-0.15, -0.1) is 0 Å². The lowest BCUT2D eigenvalue weighted by Crippen LogP contribution is -2.34. The summed E-state index contributed by atoms with van der Waals surface area (Å²) in [4.78, 5) is 6.53. The zero-order valence-electron chi connectivity index (χ0n) is 11.6. The fraction of sp³-hybridized carbons (Fsp3) is 0.833. The zero-order valence-corrected chi connectivity index (χ0v) is 12.5. The highest BCUT2D eigenvalue weighted by atomic mass is 31.2. The van der Waals surface area contributed by atoms with Crippen molar-refractivity contribution in [3.05, 3.63) is 22.8 Å². The van der Waals surface area contributed by atoms with E-state index < -0.39 is 8.53 Å². The standard InChI is InChI=1S/C12H22N3O2P/c1-11(2)15(12(3)4)18(16-9-7-13-5)17-10-8-14-6/h11-12H,7-10H2,1-4H3. The van der Waals surface area contributed by atoms with Gasteiger partial charge < -0.3 is 18.7 Å². The van der Waals surface area contributed by atoms with Crippen LogP contribution in [-0.2, 0) is 9.05 Å². The van der Waals surface area contributed by atoms with Crippen molar-refractivity contribution in [1.82, 2.24) is 4.67 Å². The lowest BCUT2D eigenvalue weighted by molar-refractivity contribution is 0.183. The Labute approximate surface area is 112 Å². The molecule has 0 amide bonds. The first-order valence-corrected chi connectivity index (χ1v) is 7.18. The first-order chi connectivity index (χ1) is 8.54. The Kier molecular flexibility index (Phi) is 9.83. The molecule has 0 aromatic carbocycles. The van der Waals surface area contributed by atoms with Gasteiger partial charge in [0, 0.05) is 12.1 Å². The van der Waals surface area contributed by atoms with Gasteiger partial charge in [-0.25, -0.2) is 17.8 Å². The maximum absolute atomic E-state index is 6.75. The molecule has 0 aliphatic heterocycles. The smallest absolute Gasteiger partial charge is 0.259 e. The normalized spacial score (nSPS) is 11.2. The van der Waals surface area contributed by atoms with Gasteiger partial charge in [-0.3, -0.25) is 0 Å². The molecule has 0 saturated heterocycles. The van der Waals surface area contributed by atoms with Gasteiger partial charge in [-0.1, -0.05) is 0 Å². The zero-order chi connectivity index (χ0) is 14.0. The Morgan fingerprint density at radius 3 is 1.61 bits per heavy atom. The minimum absolute atomic E-state index is 0.303. The number of rotatable bonds is 9. The summed E-state index contributed by atoms with van der Waals surface area (Å²) in [6, 6.07) is 0.606. The SMILES string of the molecule is [C-]#[N+]CCOP(OCC[N+]#[C-])N(C(C)C)C(C)C. The van der Waals surface area contributed by atoms with Crippen molar-refractivity contribution < 1.29 is 9.05 Å². The second kappa shape index (κ2) is 10.2. The molecule has 102 valence electrons. The first-order valence-electron chi connectivity index (χ1n) is 6.05. The van der Waals surface area contributed by atoms with Crippen LogP contribution in [0.2, 0.25) is 0 Å². The van der Waals surface area contributed by atoms with E-state index in [1.54, 1.807) is 0 Å². The highest BCUT2D eigenvalue weighted by Gasteiger charge is 2.27. The molecule has 0 aromatic heterocycles. The second-order valence-corrected chi connectivity index (χ2v) is 5.69. The summed E-state index contributed by atoms with van der Waals surface area (Å²) in [5, 5.41) is 0. The van der Waals surface area contributed by atoms with Crippen LogP contribution in [-0.4, -0.2) is 43.1 Å². The van der Waals surface area contributed by atoms with Crippen molar-refractivity contribution in [3.8, 4) is 0 Å². The lowest BCUT2D eigenvalue weighted by Gasteiger charge is -2.35. The van der Waals surface area contributed by atoms with Crippen molar-refractivity contribution in [2.45, 2.75) is 39.8 Å². The van der Waals surface area contributed by atoms with E-state index in [0.717, 1.165) is 0 Å². The van der Waals surface area contributed by atoms with Gasteiger partial charge in [-0.05, 0) is 27.7 Å². The van der Waals surface area contributed by atoms with Crippen LogP contribution in [0.15, 0.2) is 0 Å². The van der Waals surface area contributed by atoms with E-state index in [-0.39, 0.29) is 0 Å². The highest BCUT2D eigenvalue weighted by Crippen LogP contribution is 2.45. The molecule has 0 radical (unpaired) electrons. The van der Waals surface area contributed by atoms with Crippen LogP contribution in [0.25, 0.3) is 9.69 Å². The lowest BCUT2D eigenvalue weighted by atomic mass is 10.3. The topological polar surface area (TPSA) is 30.4 Å². The van der Waals surface area contributed by atoms with Crippen molar-refractivity contribution in [2.75, 3.05) is 26.3 Å². The predicted octanol–water partition coefficient (Wildman–Crippen LogP) is 3.20. The van der Waals surface area contributed by atoms with Crippen molar-refractivity contribution in [1.29, 1.82) is 0 Å². The maximum atomic E-state index is 6.75. The van der Waals surface area contributed by atoms with Crippen LogP contribution in [0, 0.1) is 13.1 Å². The van der Waals surface area contributed by atoms with Crippen LogP contribution in [0.4, 0.5) is 0 Å². The third kappa shape index (κ3) is 6.89. The largest absolute Gasteiger partial charge is 0.314 e. The van der Waals surface area contributed by atoms with E-state index in [9.17, 15) is 0 Å². The fourth-order valence-corrected chi connectivity index (χ4v) is 3.04. The van der Waals surface area contributed by atoms with E-state index >= 15 is 0 Å². The molecule has 0 atom stereocenters. The van der Waals surface area contributed by atoms with E-state index in [2.05, 4.69) is 42.1 Å². The molecule has 0 saturated carbocycles. The molecule has 5 nitrogen and oxygen atoms in total. The molecule has 0 bridgehead atoms. The minimum Gasteiger partial charge on any atom is -0.314 e. The molecule has 0 aromatic rings. The Hall–Kier alpha value is -0.710. The van der Waals surface area contributed by atoms with Crippen molar-refractivity contribution in [2.24, 2.45) is 0 Å². The summed E-state index contributed by atoms with van der Waals surface area (Å²) in [5.74, 6) is 0. The van der Waals surface area contributed by atoms with Crippen molar-refractivity contribution >= 4 is 8.53 Å². The van der Waals surface area contributed by atoms with Gasteiger partial charge in [0.15, 0.2) is 0 Å². The van der Waals surface area contributed by atoms with Crippen molar-refractivity contribution in [3.63, 3.8) is 0 Å². The molecule has 0 fully saturated rings. The van der Waals surface area contributed by atoms with Crippen LogP contribution in [0.5, 0.6) is 0 Å². The quantitative estimate of drug-likeness (QED) is 0.366. The maximum Gasteiger partial charge on any atom is 0.259 e. The predicted molar refractivity (Wildman–Crippen MR) is 73.9 cm³/mol. The summed E-state index contributed by atoms with van der Waals surface area (Å²) in [6.45, 7) is 23.3. The number of hydrogen-bond donors (Lipinski definition) is 0. The monoisotopic (exact) mass is 271 g/mol. The average molecular weight is 271 g/mol.